The van der Waals surface area contributed by atoms with Gasteiger partial charge in [-0.15, -0.1) is 6.58 Å². The lowest BCUT2D eigenvalue weighted by molar-refractivity contribution is 0.245. The number of hydrogen-bond acceptors (Lipinski definition) is 3. The third kappa shape index (κ3) is 5.44. The highest BCUT2D eigenvalue weighted by atomic mass is 32.2. The Hall–Kier alpha value is -1.82. The van der Waals surface area contributed by atoms with Crippen molar-refractivity contribution in [3.63, 3.8) is 0 Å². The van der Waals surface area contributed by atoms with Gasteiger partial charge in [-0.1, -0.05) is 23.8 Å². The van der Waals surface area contributed by atoms with Crippen LogP contribution in [0.2, 0.25) is 0 Å². The van der Waals surface area contributed by atoms with Crippen LogP contribution in [0, 0.1) is 6.92 Å². The summed E-state index contributed by atoms with van der Waals surface area (Å²) in [7, 11) is -3.80. The van der Waals surface area contributed by atoms with Gasteiger partial charge in [-0.05, 0) is 38.3 Å². The number of benzene rings is 1. The largest absolute Gasteiger partial charge is 0.337 e. The maximum atomic E-state index is 11.9. The molecule has 0 saturated carbocycles. The molecule has 0 aliphatic heterocycles. The van der Waals surface area contributed by atoms with Crippen LogP contribution in [0.25, 0.3) is 0 Å². The number of carbonyl (C=O) groups excluding carboxylic acids is 1. The Morgan fingerprint density at radius 2 is 1.90 bits per heavy atom. The number of aryl methyl sites for hydroxylation is 1. The first-order chi connectivity index (χ1) is 9.45. The predicted molar refractivity (Wildman–Crippen MR) is 78.9 cm³/mol. The maximum Gasteiger partial charge on any atom is 0.328 e. The molecule has 1 aromatic rings. The monoisotopic (exact) mass is 296 g/mol. The van der Waals surface area contributed by atoms with Crippen molar-refractivity contribution in [2.45, 2.75) is 31.1 Å². The number of nitrogens with one attached hydrogen (secondary N) is 2. The molecule has 0 unspecified atom stereocenters. The van der Waals surface area contributed by atoms with E-state index >= 15 is 0 Å². The third-order valence-electron chi connectivity index (χ3n) is 2.68. The quantitative estimate of drug-likeness (QED) is 0.599. The molecule has 1 rings (SSSR count). The lowest BCUT2D eigenvalue weighted by atomic mass is 10.2. The first-order valence-electron chi connectivity index (χ1n) is 6.44. The van der Waals surface area contributed by atoms with Gasteiger partial charge in [0.1, 0.15) is 0 Å². The summed E-state index contributed by atoms with van der Waals surface area (Å²) in [4.78, 5) is 11.6. The summed E-state index contributed by atoms with van der Waals surface area (Å²) < 4.78 is 25.8. The topological polar surface area (TPSA) is 75.3 Å². The smallest absolute Gasteiger partial charge is 0.328 e. The number of allylic oxidation sites excluding steroid dienone is 1. The van der Waals surface area contributed by atoms with Crippen LogP contribution >= 0.6 is 0 Å². The molecule has 0 aliphatic carbocycles. The van der Waals surface area contributed by atoms with Crippen molar-refractivity contribution in [2.24, 2.45) is 0 Å². The highest BCUT2D eigenvalue weighted by Gasteiger charge is 2.16. The summed E-state index contributed by atoms with van der Waals surface area (Å²) in [5, 5.41) is 2.52. The molecule has 110 valence electrons. The zero-order valence-electron chi connectivity index (χ0n) is 11.6. The molecule has 0 atom stereocenters. The zero-order chi connectivity index (χ0) is 15.0. The Bertz CT molecular complexity index is 550. The van der Waals surface area contributed by atoms with Crippen LogP contribution in [0.15, 0.2) is 41.8 Å². The van der Waals surface area contributed by atoms with Gasteiger partial charge < -0.3 is 5.32 Å². The Balaban J connectivity index is 2.47. The number of hydrogen-bond donors (Lipinski definition) is 2. The van der Waals surface area contributed by atoms with Crippen molar-refractivity contribution in [1.82, 2.24) is 10.0 Å². The van der Waals surface area contributed by atoms with E-state index in [1.807, 2.05) is 17.7 Å². The van der Waals surface area contributed by atoms with Crippen LogP contribution in [-0.2, 0) is 10.0 Å². The van der Waals surface area contributed by atoms with Gasteiger partial charge in [0, 0.05) is 6.54 Å². The van der Waals surface area contributed by atoms with Crippen LogP contribution < -0.4 is 10.0 Å². The minimum absolute atomic E-state index is 0.0740. The van der Waals surface area contributed by atoms with Gasteiger partial charge in [-0.3, -0.25) is 0 Å². The fourth-order valence-corrected chi connectivity index (χ4v) is 2.48. The second-order valence-corrected chi connectivity index (χ2v) is 6.14. The molecule has 0 heterocycles. The van der Waals surface area contributed by atoms with Gasteiger partial charge >= 0.3 is 6.03 Å². The van der Waals surface area contributed by atoms with E-state index in [4.69, 9.17) is 0 Å². The van der Waals surface area contributed by atoms with E-state index in [0.29, 0.717) is 6.54 Å². The SMILES string of the molecule is C=CCCCCNC(=O)NS(=O)(=O)c1ccc(C)cc1. The predicted octanol–water partition coefficient (Wildman–Crippen LogP) is 2.34. The molecule has 0 aromatic heterocycles. The molecule has 5 nitrogen and oxygen atoms in total. The van der Waals surface area contributed by atoms with Crippen LogP contribution in [0.1, 0.15) is 24.8 Å². The number of sulfonamides is 1. The summed E-state index contributed by atoms with van der Waals surface area (Å²) in [6.45, 7) is 5.90. The number of unbranched alkanes of at least 4 members (excludes halogenated alkanes) is 2. The molecule has 2 N–H and O–H groups in total. The lowest BCUT2D eigenvalue weighted by Crippen LogP contribution is -2.39. The van der Waals surface area contributed by atoms with Crippen molar-refractivity contribution in [1.29, 1.82) is 0 Å². The van der Waals surface area contributed by atoms with Crippen molar-refractivity contribution in [3.8, 4) is 0 Å². The molecule has 2 amide bonds. The van der Waals surface area contributed by atoms with Crippen LogP contribution in [0.4, 0.5) is 4.79 Å². The molecule has 0 spiro atoms. The minimum atomic E-state index is -3.80. The van der Waals surface area contributed by atoms with Gasteiger partial charge in [0.05, 0.1) is 4.90 Å². The van der Waals surface area contributed by atoms with E-state index in [-0.39, 0.29) is 4.90 Å². The molecule has 0 saturated heterocycles. The molecule has 0 fully saturated rings. The van der Waals surface area contributed by atoms with Crippen molar-refractivity contribution >= 4 is 16.1 Å². The van der Waals surface area contributed by atoms with Gasteiger partial charge in [-0.2, -0.15) is 0 Å². The summed E-state index contributed by atoms with van der Waals surface area (Å²) in [6.07, 6.45) is 4.38. The van der Waals surface area contributed by atoms with Gasteiger partial charge in [0.25, 0.3) is 10.0 Å². The molecule has 0 aliphatic rings. The van der Waals surface area contributed by atoms with E-state index in [1.54, 1.807) is 12.1 Å². The van der Waals surface area contributed by atoms with Crippen LogP contribution in [-0.4, -0.2) is 21.0 Å². The van der Waals surface area contributed by atoms with E-state index in [9.17, 15) is 13.2 Å². The second kappa shape index (κ2) is 7.69. The van der Waals surface area contributed by atoms with E-state index in [0.717, 1.165) is 24.8 Å². The van der Waals surface area contributed by atoms with Gasteiger partial charge in [0.2, 0.25) is 0 Å². The minimum Gasteiger partial charge on any atom is -0.337 e. The Labute approximate surface area is 120 Å². The summed E-state index contributed by atoms with van der Waals surface area (Å²) in [5.41, 5.74) is 0.954. The number of carbonyl (C=O) groups is 1. The van der Waals surface area contributed by atoms with Crippen LogP contribution in [0.3, 0.4) is 0 Å². The average Bonchev–Trinajstić information content (AvgIpc) is 2.38. The highest BCUT2D eigenvalue weighted by molar-refractivity contribution is 7.90. The first-order valence-corrected chi connectivity index (χ1v) is 7.92. The molecule has 0 radical (unpaired) electrons. The van der Waals surface area contributed by atoms with E-state index in [1.165, 1.54) is 12.1 Å². The highest BCUT2D eigenvalue weighted by Crippen LogP contribution is 2.09. The summed E-state index contributed by atoms with van der Waals surface area (Å²) in [6, 6.07) is 5.59. The Morgan fingerprint density at radius 3 is 2.50 bits per heavy atom. The van der Waals surface area contributed by atoms with Crippen LogP contribution in [0.5, 0.6) is 0 Å². The van der Waals surface area contributed by atoms with Gasteiger partial charge in [0.15, 0.2) is 0 Å². The first kappa shape index (κ1) is 16.2. The fraction of sp³-hybridized carbons (Fsp3) is 0.357. The lowest BCUT2D eigenvalue weighted by Gasteiger charge is -2.08. The third-order valence-corrected chi connectivity index (χ3v) is 4.03. The molecule has 6 heteroatoms. The Kier molecular flexibility index (Phi) is 6.24. The summed E-state index contributed by atoms with van der Waals surface area (Å²) in [5.74, 6) is 0. The maximum absolute atomic E-state index is 11.9. The van der Waals surface area contributed by atoms with Crippen molar-refractivity contribution in [2.75, 3.05) is 6.54 Å². The van der Waals surface area contributed by atoms with Crippen molar-refractivity contribution in [3.05, 3.63) is 42.5 Å². The van der Waals surface area contributed by atoms with E-state index in [2.05, 4.69) is 11.9 Å². The van der Waals surface area contributed by atoms with Crippen molar-refractivity contribution < 1.29 is 13.2 Å². The molecular formula is C14H20N2O3S. The molecule has 20 heavy (non-hydrogen) atoms. The standard InChI is InChI=1S/C14H20N2O3S/c1-3-4-5-6-11-15-14(17)16-20(18,19)13-9-7-12(2)8-10-13/h3,7-10H,1,4-6,11H2,2H3,(H2,15,16,17). The molecule has 1 aromatic carbocycles. The number of urea groups is 1. The fourth-order valence-electron chi connectivity index (χ4n) is 1.55. The Morgan fingerprint density at radius 1 is 1.25 bits per heavy atom. The number of rotatable bonds is 7. The van der Waals surface area contributed by atoms with Gasteiger partial charge in [-0.25, -0.2) is 17.9 Å². The van der Waals surface area contributed by atoms with E-state index < -0.39 is 16.1 Å². The molecular weight excluding hydrogens is 276 g/mol. The normalized spacial score (nSPS) is 10.8. The molecule has 0 bridgehead atoms. The zero-order valence-corrected chi connectivity index (χ0v) is 12.4. The average molecular weight is 296 g/mol. The number of amides is 2. The summed E-state index contributed by atoms with van der Waals surface area (Å²) >= 11 is 0. The second-order valence-electron chi connectivity index (χ2n) is 4.46.